The van der Waals surface area contributed by atoms with Crippen molar-refractivity contribution in [2.24, 2.45) is 0 Å². The van der Waals surface area contributed by atoms with Gasteiger partial charge in [0.25, 0.3) is 0 Å². The first kappa shape index (κ1) is 13.3. The fraction of sp³-hybridized carbons (Fsp3) is 0.250. The Morgan fingerprint density at radius 3 is 2.26 bits per heavy atom. The Kier molecular flexibility index (Phi) is 4.29. The average Bonchev–Trinajstić information content (AvgIpc) is 2.46. The van der Waals surface area contributed by atoms with Gasteiger partial charge in [-0.05, 0) is 29.7 Å². The van der Waals surface area contributed by atoms with E-state index in [1.54, 1.807) is 13.2 Å². The number of hydrogen-bond donors (Lipinski definition) is 1. The van der Waals surface area contributed by atoms with Crippen LogP contribution < -0.4 is 15.2 Å². The van der Waals surface area contributed by atoms with Gasteiger partial charge in [0.05, 0.1) is 12.8 Å². The Labute approximate surface area is 114 Å². The monoisotopic (exact) mass is 257 g/mol. The van der Waals surface area contributed by atoms with Crippen LogP contribution in [0.2, 0.25) is 0 Å². The van der Waals surface area contributed by atoms with Gasteiger partial charge in [0, 0.05) is 6.07 Å². The fourth-order valence-corrected chi connectivity index (χ4v) is 1.84. The minimum Gasteiger partial charge on any atom is -0.495 e. The zero-order valence-corrected chi connectivity index (χ0v) is 11.3. The number of rotatable bonds is 5. The van der Waals surface area contributed by atoms with Gasteiger partial charge in [-0.3, -0.25) is 0 Å². The van der Waals surface area contributed by atoms with Gasteiger partial charge >= 0.3 is 0 Å². The molecule has 0 aliphatic heterocycles. The highest BCUT2D eigenvalue weighted by Gasteiger charge is 2.02. The third kappa shape index (κ3) is 3.41. The maximum Gasteiger partial charge on any atom is 0.142 e. The standard InChI is InChI=1S/C16H19NO2/c1-3-12-4-6-13(7-5-12)11-19-14-8-9-16(18-2)15(17)10-14/h4-10H,3,11,17H2,1-2H3. The van der Waals surface area contributed by atoms with E-state index in [2.05, 4.69) is 31.2 Å². The first-order valence-electron chi connectivity index (χ1n) is 6.37. The van der Waals surface area contributed by atoms with Crippen LogP contribution in [-0.2, 0) is 13.0 Å². The van der Waals surface area contributed by atoms with Crippen molar-refractivity contribution in [3.05, 3.63) is 53.6 Å². The summed E-state index contributed by atoms with van der Waals surface area (Å²) in [6.07, 6.45) is 1.05. The normalized spacial score (nSPS) is 10.2. The molecule has 0 atom stereocenters. The number of nitrogens with two attached hydrogens (primary N) is 1. The highest BCUT2D eigenvalue weighted by atomic mass is 16.5. The van der Waals surface area contributed by atoms with Crippen molar-refractivity contribution in [1.29, 1.82) is 0 Å². The van der Waals surface area contributed by atoms with Crippen LogP contribution in [-0.4, -0.2) is 7.11 Å². The van der Waals surface area contributed by atoms with E-state index in [9.17, 15) is 0 Å². The maximum atomic E-state index is 5.83. The molecule has 2 N–H and O–H groups in total. The van der Waals surface area contributed by atoms with Crippen molar-refractivity contribution in [2.45, 2.75) is 20.0 Å². The first-order valence-corrected chi connectivity index (χ1v) is 6.37. The van der Waals surface area contributed by atoms with Crippen LogP contribution in [0.3, 0.4) is 0 Å². The molecule has 0 amide bonds. The molecule has 0 spiro atoms. The highest BCUT2D eigenvalue weighted by molar-refractivity contribution is 5.56. The topological polar surface area (TPSA) is 44.5 Å². The second-order valence-electron chi connectivity index (χ2n) is 4.36. The molecule has 2 rings (SSSR count). The lowest BCUT2D eigenvalue weighted by Crippen LogP contribution is -1.98. The summed E-state index contributed by atoms with van der Waals surface area (Å²) in [5, 5.41) is 0. The van der Waals surface area contributed by atoms with Gasteiger partial charge in [-0.1, -0.05) is 31.2 Å². The molecule has 3 heteroatoms. The maximum absolute atomic E-state index is 5.83. The molecular weight excluding hydrogens is 238 g/mol. The predicted molar refractivity (Wildman–Crippen MR) is 77.6 cm³/mol. The summed E-state index contributed by atoms with van der Waals surface area (Å²) in [5.41, 5.74) is 8.89. The first-order chi connectivity index (χ1) is 9.22. The number of hydrogen-bond acceptors (Lipinski definition) is 3. The van der Waals surface area contributed by atoms with Gasteiger partial charge in [-0.2, -0.15) is 0 Å². The molecular formula is C16H19NO2. The van der Waals surface area contributed by atoms with Crippen molar-refractivity contribution in [1.82, 2.24) is 0 Å². The predicted octanol–water partition coefficient (Wildman–Crippen LogP) is 3.42. The van der Waals surface area contributed by atoms with Gasteiger partial charge in [0.2, 0.25) is 0 Å². The summed E-state index contributed by atoms with van der Waals surface area (Å²) in [5.74, 6) is 1.41. The van der Waals surface area contributed by atoms with E-state index < -0.39 is 0 Å². The molecule has 0 bridgehead atoms. The summed E-state index contributed by atoms with van der Waals surface area (Å²) < 4.78 is 10.8. The number of benzene rings is 2. The molecule has 0 saturated carbocycles. The van der Waals surface area contributed by atoms with E-state index in [-0.39, 0.29) is 0 Å². The van der Waals surface area contributed by atoms with Gasteiger partial charge in [-0.25, -0.2) is 0 Å². The lowest BCUT2D eigenvalue weighted by Gasteiger charge is -2.09. The molecule has 0 fully saturated rings. The number of aryl methyl sites for hydroxylation is 1. The molecule has 0 saturated heterocycles. The lowest BCUT2D eigenvalue weighted by atomic mass is 10.1. The number of methoxy groups -OCH3 is 1. The van der Waals surface area contributed by atoms with Gasteiger partial charge in [0.15, 0.2) is 0 Å². The smallest absolute Gasteiger partial charge is 0.142 e. The quantitative estimate of drug-likeness (QED) is 0.835. The van der Waals surface area contributed by atoms with Gasteiger partial charge in [0.1, 0.15) is 18.1 Å². The number of nitrogen functional groups attached to an aromatic ring is 1. The van der Waals surface area contributed by atoms with Crippen molar-refractivity contribution < 1.29 is 9.47 Å². The molecule has 2 aromatic carbocycles. The van der Waals surface area contributed by atoms with E-state index in [1.165, 1.54) is 5.56 Å². The SMILES string of the molecule is CCc1ccc(COc2ccc(OC)c(N)c2)cc1. The molecule has 100 valence electrons. The van der Waals surface area contributed by atoms with Gasteiger partial charge in [-0.15, -0.1) is 0 Å². The summed E-state index contributed by atoms with van der Waals surface area (Å²) in [7, 11) is 1.60. The fourth-order valence-electron chi connectivity index (χ4n) is 1.84. The van der Waals surface area contributed by atoms with E-state index >= 15 is 0 Å². The van der Waals surface area contributed by atoms with E-state index in [1.807, 2.05) is 12.1 Å². The van der Waals surface area contributed by atoms with Crippen LogP contribution >= 0.6 is 0 Å². The zero-order chi connectivity index (χ0) is 13.7. The second kappa shape index (κ2) is 6.14. The average molecular weight is 257 g/mol. The number of anilines is 1. The minimum atomic E-state index is 0.537. The Morgan fingerprint density at radius 2 is 1.68 bits per heavy atom. The number of ether oxygens (including phenoxy) is 2. The molecule has 0 aromatic heterocycles. The molecule has 0 aliphatic rings. The van der Waals surface area contributed by atoms with E-state index in [0.29, 0.717) is 18.0 Å². The van der Waals surface area contributed by atoms with Crippen LogP contribution in [0.15, 0.2) is 42.5 Å². The van der Waals surface area contributed by atoms with Crippen molar-refractivity contribution in [3.8, 4) is 11.5 Å². The van der Waals surface area contributed by atoms with Crippen molar-refractivity contribution in [3.63, 3.8) is 0 Å². The molecule has 0 unspecified atom stereocenters. The zero-order valence-electron chi connectivity index (χ0n) is 11.3. The van der Waals surface area contributed by atoms with Crippen LogP contribution in [0.4, 0.5) is 5.69 Å². The Bertz CT molecular complexity index is 535. The molecule has 0 heterocycles. The van der Waals surface area contributed by atoms with Crippen LogP contribution in [0.1, 0.15) is 18.1 Å². The van der Waals surface area contributed by atoms with Crippen LogP contribution in [0.5, 0.6) is 11.5 Å². The Morgan fingerprint density at radius 1 is 1.00 bits per heavy atom. The molecule has 3 nitrogen and oxygen atoms in total. The van der Waals surface area contributed by atoms with Crippen molar-refractivity contribution in [2.75, 3.05) is 12.8 Å². The molecule has 0 radical (unpaired) electrons. The minimum absolute atomic E-state index is 0.537. The summed E-state index contributed by atoms with van der Waals surface area (Å²) >= 11 is 0. The largest absolute Gasteiger partial charge is 0.495 e. The van der Waals surface area contributed by atoms with Crippen LogP contribution in [0.25, 0.3) is 0 Å². The lowest BCUT2D eigenvalue weighted by molar-refractivity contribution is 0.305. The van der Waals surface area contributed by atoms with Crippen LogP contribution in [0, 0.1) is 0 Å². The van der Waals surface area contributed by atoms with E-state index in [0.717, 1.165) is 17.7 Å². The van der Waals surface area contributed by atoms with E-state index in [4.69, 9.17) is 15.2 Å². The van der Waals surface area contributed by atoms with Gasteiger partial charge < -0.3 is 15.2 Å². The molecule has 2 aromatic rings. The Balaban J connectivity index is 1.99. The second-order valence-corrected chi connectivity index (χ2v) is 4.36. The molecule has 19 heavy (non-hydrogen) atoms. The summed E-state index contributed by atoms with van der Waals surface area (Å²) in [4.78, 5) is 0. The highest BCUT2D eigenvalue weighted by Crippen LogP contribution is 2.26. The third-order valence-corrected chi connectivity index (χ3v) is 3.04. The Hall–Kier alpha value is -2.16. The third-order valence-electron chi connectivity index (χ3n) is 3.04. The summed E-state index contributed by atoms with van der Waals surface area (Å²) in [6, 6.07) is 13.9. The summed E-state index contributed by atoms with van der Waals surface area (Å²) in [6.45, 7) is 2.68. The van der Waals surface area contributed by atoms with Crippen molar-refractivity contribution >= 4 is 5.69 Å². The molecule has 0 aliphatic carbocycles.